The van der Waals surface area contributed by atoms with Gasteiger partial charge in [0.05, 0.1) is 18.8 Å². The fraction of sp³-hybridized carbons (Fsp3) is 0.750. The van der Waals surface area contributed by atoms with Gasteiger partial charge in [0, 0.05) is 19.3 Å². The first kappa shape index (κ1) is 16.1. The predicted octanol–water partition coefficient (Wildman–Crippen LogP) is 0.118. The highest BCUT2D eigenvalue weighted by atomic mass is 19.4. The molecule has 2 heterocycles. The topological polar surface area (TPSA) is 88.9 Å². The van der Waals surface area contributed by atoms with Crippen LogP contribution in [0.1, 0.15) is 12.8 Å². The van der Waals surface area contributed by atoms with Crippen LogP contribution in [0.2, 0.25) is 0 Å². The van der Waals surface area contributed by atoms with Gasteiger partial charge in [0.2, 0.25) is 0 Å². The molecule has 0 aromatic carbocycles. The van der Waals surface area contributed by atoms with Gasteiger partial charge in [0.25, 0.3) is 0 Å². The lowest BCUT2D eigenvalue weighted by Gasteiger charge is -2.33. The molecule has 2 rings (SSSR count). The van der Waals surface area contributed by atoms with Gasteiger partial charge in [-0.1, -0.05) is 0 Å². The highest BCUT2D eigenvalue weighted by molar-refractivity contribution is 5.81. The Labute approximate surface area is 121 Å². The van der Waals surface area contributed by atoms with Gasteiger partial charge < -0.3 is 21.5 Å². The molecule has 1 fully saturated rings. The van der Waals surface area contributed by atoms with E-state index in [4.69, 9.17) is 16.2 Å². The van der Waals surface area contributed by atoms with Crippen LogP contribution in [0, 0.1) is 0 Å². The maximum absolute atomic E-state index is 13.0. The van der Waals surface area contributed by atoms with Crippen molar-refractivity contribution in [3.8, 4) is 0 Å². The molecule has 21 heavy (non-hydrogen) atoms. The Morgan fingerprint density at radius 1 is 1.38 bits per heavy atom. The van der Waals surface area contributed by atoms with Gasteiger partial charge in [0.15, 0.2) is 5.96 Å². The lowest BCUT2D eigenvalue weighted by Crippen LogP contribution is -2.52. The Morgan fingerprint density at radius 2 is 2.05 bits per heavy atom. The third kappa shape index (κ3) is 4.08. The number of aliphatic imine (C=N–C) groups is 1. The number of hydrogen-bond donors (Lipinski definition) is 3. The molecule has 6 nitrogen and oxygen atoms in total. The van der Waals surface area contributed by atoms with E-state index in [-0.39, 0.29) is 12.4 Å². The highest BCUT2D eigenvalue weighted by Crippen LogP contribution is 2.36. The molecule has 0 bridgehead atoms. The largest absolute Gasteiger partial charge is 0.417 e. The molecule has 1 saturated heterocycles. The summed E-state index contributed by atoms with van der Waals surface area (Å²) in [5.41, 5.74) is 8.59. The smallest absolute Gasteiger partial charge is 0.379 e. The van der Waals surface area contributed by atoms with Crippen LogP contribution in [0.15, 0.2) is 16.8 Å². The number of halogens is 3. The van der Waals surface area contributed by atoms with E-state index < -0.39 is 17.4 Å². The van der Waals surface area contributed by atoms with Crippen LogP contribution in [0.4, 0.5) is 13.2 Å². The molecule has 0 spiro atoms. The molecule has 120 valence electrons. The van der Waals surface area contributed by atoms with Crippen LogP contribution in [-0.4, -0.2) is 55.5 Å². The Hall–Kier alpha value is -1.32. The second-order valence-electron chi connectivity index (χ2n) is 5.18. The molecule has 1 unspecified atom stereocenters. The zero-order valence-corrected chi connectivity index (χ0v) is 11.6. The second-order valence-corrected chi connectivity index (χ2v) is 5.18. The Bertz CT molecular complexity index is 431. The minimum Gasteiger partial charge on any atom is -0.379 e. The van der Waals surface area contributed by atoms with Crippen molar-refractivity contribution in [2.24, 2.45) is 16.5 Å². The van der Waals surface area contributed by atoms with Crippen LogP contribution in [0.3, 0.4) is 0 Å². The Morgan fingerprint density at radius 3 is 2.67 bits per heavy atom. The minimum absolute atomic E-state index is 0.0814. The lowest BCUT2D eigenvalue weighted by molar-refractivity contribution is -0.102. The van der Waals surface area contributed by atoms with Crippen LogP contribution in [0.25, 0.3) is 0 Å². The predicted molar refractivity (Wildman–Crippen MR) is 72.3 cm³/mol. The minimum atomic E-state index is -4.54. The van der Waals surface area contributed by atoms with E-state index in [1.54, 1.807) is 0 Å². The van der Waals surface area contributed by atoms with E-state index in [2.05, 4.69) is 15.2 Å². The van der Waals surface area contributed by atoms with Crippen molar-refractivity contribution < 1.29 is 17.9 Å². The van der Waals surface area contributed by atoms with E-state index in [0.29, 0.717) is 26.2 Å². The number of hydrogen-bond acceptors (Lipinski definition) is 6. The van der Waals surface area contributed by atoms with Crippen molar-refractivity contribution in [3.63, 3.8) is 0 Å². The standard InChI is InChI=1S/C12H20F3N5O/c13-12(14,15)9-8-18-10(16)19-11(9,17)2-1-3-20-4-6-21-7-5-20/h8H,1-7,17H2,(H3,16,18,19). The molecule has 0 saturated carbocycles. The summed E-state index contributed by atoms with van der Waals surface area (Å²) in [6, 6.07) is 0. The molecule has 0 aromatic heterocycles. The monoisotopic (exact) mass is 307 g/mol. The van der Waals surface area contributed by atoms with Crippen molar-refractivity contribution in [1.82, 2.24) is 10.2 Å². The summed E-state index contributed by atoms with van der Waals surface area (Å²) in [6.45, 7) is 3.53. The van der Waals surface area contributed by atoms with Crippen molar-refractivity contribution in [2.45, 2.75) is 24.7 Å². The van der Waals surface area contributed by atoms with Crippen LogP contribution < -0.4 is 16.8 Å². The van der Waals surface area contributed by atoms with Crippen molar-refractivity contribution in [1.29, 1.82) is 0 Å². The third-order valence-corrected chi connectivity index (χ3v) is 3.59. The molecule has 0 aromatic rings. The van der Waals surface area contributed by atoms with E-state index in [9.17, 15) is 13.2 Å². The SMILES string of the molecule is NC1=NC(N)(CCCN2CCOCC2)C(C(F)(F)F)=CN1. The molecule has 5 N–H and O–H groups in total. The second kappa shape index (κ2) is 6.20. The number of morpholine rings is 1. The van der Waals surface area contributed by atoms with Gasteiger partial charge in [-0.3, -0.25) is 4.90 Å². The van der Waals surface area contributed by atoms with Crippen molar-refractivity contribution in [2.75, 3.05) is 32.8 Å². The first-order valence-corrected chi connectivity index (χ1v) is 6.80. The van der Waals surface area contributed by atoms with Gasteiger partial charge in [-0.05, 0) is 19.4 Å². The summed E-state index contributed by atoms with van der Waals surface area (Å²) >= 11 is 0. The molecule has 0 amide bonds. The quantitative estimate of drug-likeness (QED) is 0.686. The molecule has 2 aliphatic rings. The van der Waals surface area contributed by atoms with E-state index in [0.717, 1.165) is 19.3 Å². The fourth-order valence-corrected chi connectivity index (χ4v) is 2.49. The van der Waals surface area contributed by atoms with Crippen LogP contribution in [-0.2, 0) is 4.74 Å². The lowest BCUT2D eigenvalue weighted by atomic mass is 9.94. The number of guanidine groups is 1. The molecule has 9 heteroatoms. The first-order valence-electron chi connectivity index (χ1n) is 6.80. The normalized spacial score (nSPS) is 27.8. The number of alkyl halides is 3. The summed E-state index contributed by atoms with van der Waals surface area (Å²) in [7, 11) is 0. The zero-order valence-electron chi connectivity index (χ0n) is 11.6. The summed E-state index contributed by atoms with van der Waals surface area (Å²) < 4.78 is 44.3. The molecule has 0 aliphatic carbocycles. The summed E-state index contributed by atoms with van der Waals surface area (Å²) in [6.07, 6.45) is -3.15. The van der Waals surface area contributed by atoms with Gasteiger partial charge in [-0.2, -0.15) is 13.2 Å². The zero-order chi connectivity index (χ0) is 15.5. The number of nitrogens with two attached hydrogens (primary N) is 2. The molecular formula is C12H20F3N5O. The van der Waals surface area contributed by atoms with Gasteiger partial charge in [-0.25, -0.2) is 4.99 Å². The van der Waals surface area contributed by atoms with Gasteiger partial charge in [-0.15, -0.1) is 0 Å². The fourth-order valence-electron chi connectivity index (χ4n) is 2.49. The highest BCUT2D eigenvalue weighted by Gasteiger charge is 2.47. The van der Waals surface area contributed by atoms with E-state index >= 15 is 0 Å². The average molecular weight is 307 g/mol. The van der Waals surface area contributed by atoms with Crippen molar-refractivity contribution >= 4 is 5.96 Å². The maximum Gasteiger partial charge on any atom is 0.417 e. The van der Waals surface area contributed by atoms with Crippen LogP contribution in [0.5, 0.6) is 0 Å². The summed E-state index contributed by atoms with van der Waals surface area (Å²) in [4.78, 5) is 5.91. The van der Waals surface area contributed by atoms with Crippen LogP contribution >= 0.6 is 0 Å². The Kier molecular flexibility index (Phi) is 4.74. The summed E-state index contributed by atoms with van der Waals surface area (Å²) in [5.74, 6) is -0.100. The van der Waals surface area contributed by atoms with E-state index in [1.165, 1.54) is 0 Å². The number of ether oxygens (including phenoxy) is 1. The summed E-state index contributed by atoms with van der Waals surface area (Å²) in [5, 5.41) is 2.27. The van der Waals surface area contributed by atoms with E-state index in [1.807, 2.05) is 0 Å². The maximum atomic E-state index is 13.0. The van der Waals surface area contributed by atoms with Crippen molar-refractivity contribution in [3.05, 3.63) is 11.8 Å². The Balaban J connectivity index is 1.97. The molecular weight excluding hydrogens is 287 g/mol. The number of nitrogens with zero attached hydrogens (tertiary/aromatic N) is 2. The molecule has 0 radical (unpaired) electrons. The van der Waals surface area contributed by atoms with Gasteiger partial charge >= 0.3 is 6.18 Å². The average Bonchev–Trinajstić information content (AvgIpc) is 2.38. The first-order chi connectivity index (χ1) is 9.81. The number of nitrogens with one attached hydrogen (secondary N) is 1. The molecule has 2 aliphatic heterocycles. The third-order valence-electron chi connectivity index (χ3n) is 3.59. The molecule has 1 atom stereocenters. The number of rotatable bonds is 4. The van der Waals surface area contributed by atoms with Gasteiger partial charge in [0.1, 0.15) is 5.66 Å².